The SMILES string of the molecule is COC1C(=O)N2C(C(=O)OC(C)(C)C)C(COC(C)=O)=CSC12. The molecule has 3 unspecified atom stereocenters. The minimum absolute atomic E-state index is 0.0552. The Morgan fingerprint density at radius 3 is 2.52 bits per heavy atom. The van der Waals surface area contributed by atoms with Crippen LogP contribution in [0.1, 0.15) is 27.7 Å². The van der Waals surface area contributed by atoms with Crippen molar-refractivity contribution in [1.29, 1.82) is 0 Å². The number of nitrogens with zero attached hydrogens (tertiary/aromatic N) is 1. The Morgan fingerprint density at radius 2 is 2.00 bits per heavy atom. The van der Waals surface area contributed by atoms with Crippen LogP contribution in [0.4, 0.5) is 0 Å². The summed E-state index contributed by atoms with van der Waals surface area (Å²) in [5.41, 5.74) is -0.156. The minimum Gasteiger partial charge on any atom is -0.461 e. The number of β-lactam (4-membered cyclic amide) rings is 1. The number of carbonyl (C=O) groups excluding carboxylic acids is 3. The van der Waals surface area contributed by atoms with E-state index in [2.05, 4.69) is 0 Å². The van der Waals surface area contributed by atoms with Crippen LogP contribution < -0.4 is 0 Å². The van der Waals surface area contributed by atoms with E-state index in [-0.39, 0.29) is 17.9 Å². The lowest BCUT2D eigenvalue weighted by Gasteiger charge is -2.51. The van der Waals surface area contributed by atoms with Crippen LogP contribution >= 0.6 is 11.8 Å². The van der Waals surface area contributed by atoms with Crippen LogP contribution in [0, 0.1) is 0 Å². The van der Waals surface area contributed by atoms with E-state index < -0.39 is 29.7 Å². The van der Waals surface area contributed by atoms with Crippen LogP contribution in [0.2, 0.25) is 0 Å². The molecule has 2 rings (SSSR count). The van der Waals surface area contributed by atoms with Gasteiger partial charge in [-0.3, -0.25) is 9.59 Å². The highest BCUT2D eigenvalue weighted by Gasteiger charge is 2.56. The lowest BCUT2D eigenvalue weighted by molar-refractivity contribution is -0.179. The Labute approximate surface area is 139 Å². The monoisotopic (exact) mass is 343 g/mol. The number of hydrogen-bond donors (Lipinski definition) is 0. The standard InChI is InChI=1S/C15H21NO6S/c1-8(17)21-6-9-7-23-13-11(20-5)12(18)16(13)10(9)14(19)22-15(2,3)4/h7,10-11,13H,6H2,1-5H3. The van der Waals surface area contributed by atoms with Gasteiger partial charge in [0.05, 0.1) is 0 Å². The fourth-order valence-corrected chi connectivity index (χ4v) is 3.65. The first-order chi connectivity index (χ1) is 10.7. The zero-order valence-electron chi connectivity index (χ0n) is 13.8. The van der Waals surface area contributed by atoms with Crippen molar-refractivity contribution in [2.75, 3.05) is 13.7 Å². The van der Waals surface area contributed by atoms with Crippen molar-refractivity contribution >= 4 is 29.6 Å². The molecule has 1 saturated heterocycles. The molecule has 0 aromatic carbocycles. The topological polar surface area (TPSA) is 82.1 Å². The number of rotatable bonds is 4. The number of thioether (sulfide) groups is 1. The van der Waals surface area contributed by atoms with Gasteiger partial charge in [-0.2, -0.15) is 0 Å². The third-order valence-corrected chi connectivity index (χ3v) is 4.54. The second kappa shape index (κ2) is 6.52. The number of ether oxygens (including phenoxy) is 3. The number of esters is 2. The molecular weight excluding hydrogens is 322 g/mol. The highest BCUT2D eigenvalue weighted by atomic mass is 32.2. The van der Waals surface area contributed by atoms with Crippen molar-refractivity contribution < 1.29 is 28.6 Å². The molecule has 23 heavy (non-hydrogen) atoms. The largest absolute Gasteiger partial charge is 0.461 e. The Balaban J connectivity index is 2.24. The summed E-state index contributed by atoms with van der Waals surface area (Å²) in [7, 11) is 1.46. The van der Waals surface area contributed by atoms with Gasteiger partial charge in [-0.05, 0) is 26.2 Å². The Bertz CT molecular complexity index is 553. The van der Waals surface area contributed by atoms with Gasteiger partial charge in [0.15, 0.2) is 12.1 Å². The Hall–Kier alpha value is -1.54. The Morgan fingerprint density at radius 1 is 1.35 bits per heavy atom. The van der Waals surface area contributed by atoms with E-state index in [0.29, 0.717) is 5.57 Å². The molecule has 3 atom stereocenters. The van der Waals surface area contributed by atoms with Gasteiger partial charge in [0.1, 0.15) is 17.6 Å². The maximum Gasteiger partial charge on any atom is 0.333 e. The first kappa shape index (κ1) is 17.8. The number of amides is 1. The lowest BCUT2D eigenvalue weighted by atomic mass is 9.99. The molecule has 2 aliphatic heterocycles. The van der Waals surface area contributed by atoms with E-state index in [9.17, 15) is 14.4 Å². The molecule has 0 N–H and O–H groups in total. The summed E-state index contributed by atoms with van der Waals surface area (Å²) in [6.45, 7) is 6.50. The van der Waals surface area contributed by atoms with Gasteiger partial charge >= 0.3 is 11.9 Å². The summed E-state index contributed by atoms with van der Waals surface area (Å²) >= 11 is 1.37. The third kappa shape index (κ3) is 3.69. The van der Waals surface area contributed by atoms with Crippen LogP contribution in [0.3, 0.4) is 0 Å². The Kier molecular flexibility index (Phi) is 5.05. The van der Waals surface area contributed by atoms with Gasteiger partial charge in [-0.1, -0.05) is 0 Å². The van der Waals surface area contributed by atoms with Crippen LogP contribution in [-0.2, 0) is 28.6 Å². The molecule has 0 spiro atoms. The summed E-state index contributed by atoms with van der Waals surface area (Å²) in [6, 6.07) is -0.890. The molecule has 0 radical (unpaired) electrons. The van der Waals surface area contributed by atoms with Gasteiger partial charge in [-0.25, -0.2) is 4.79 Å². The second-order valence-electron chi connectivity index (χ2n) is 6.34. The smallest absolute Gasteiger partial charge is 0.333 e. The normalized spacial score (nSPS) is 26.8. The van der Waals surface area contributed by atoms with E-state index >= 15 is 0 Å². The second-order valence-corrected chi connectivity index (χ2v) is 7.33. The summed E-state index contributed by atoms with van der Waals surface area (Å²) in [6.07, 6.45) is -0.573. The van der Waals surface area contributed by atoms with E-state index in [0.717, 1.165) is 0 Å². The van der Waals surface area contributed by atoms with Gasteiger partial charge in [0.2, 0.25) is 0 Å². The van der Waals surface area contributed by atoms with Crippen LogP contribution in [0.5, 0.6) is 0 Å². The maximum atomic E-state index is 12.6. The summed E-state index contributed by atoms with van der Waals surface area (Å²) in [4.78, 5) is 37.3. The predicted octanol–water partition coefficient (Wildman–Crippen LogP) is 1.07. The molecule has 2 heterocycles. The van der Waals surface area contributed by atoms with E-state index in [4.69, 9.17) is 14.2 Å². The average Bonchev–Trinajstić information content (AvgIpc) is 2.42. The van der Waals surface area contributed by atoms with Crippen LogP contribution in [0.15, 0.2) is 11.0 Å². The van der Waals surface area contributed by atoms with Crippen molar-refractivity contribution in [1.82, 2.24) is 4.90 Å². The number of hydrogen-bond acceptors (Lipinski definition) is 7. The van der Waals surface area contributed by atoms with Crippen LogP contribution in [0.25, 0.3) is 0 Å². The quantitative estimate of drug-likeness (QED) is 0.558. The van der Waals surface area contributed by atoms with Gasteiger partial charge < -0.3 is 19.1 Å². The fourth-order valence-electron chi connectivity index (χ4n) is 2.41. The van der Waals surface area contributed by atoms with E-state index in [1.54, 1.807) is 26.2 Å². The summed E-state index contributed by atoms with van der Waals surface area (Å²) in [5, 5.41) is 1.48. The molecule has 1 amide bonds. The van der Waals surface area contributed by atoms with Crippen molar-refractivity contribution in [2.45, 2.75) is 50.8 Å². The molecule has 7 nitrogen and oxygen atoms in total. The molecule has 8 heteroatoms. The van der Waals surface area contributed by atoms with Gasteiger partial charge in [-0.15, -0.1) is 11.8 Å². The van der Waals surface area contributed by atoms with Crippen molar-refractivity contribution in [3.8, 4) is 0 Å². The predicted molar refractivity (Wildman–Crippen MR) is 83.4 cm³/mol. The molecule has 128 valence electrons. The highest BCUT2D eigenvalue weighted by molar-refractivity contribution is 8.02. The first-order valence-corrected chi connectivity index (χ1v) is 8.15. The van der Waals surface area contributed by atoms with Crippen LogP contribution in [-0.4, -0.2) is 59.6 Å². The summed E-state index contributed by atoms with van der Waals surface area (Å²) in [5.74, 6) is -1.26. The lowest BCUT2D eigenvalue weighted by Crippen LogP contribution is -2.70. The molecule has 0 bridgehead atoms. The molecule has 2 aliphatic rings. The van der Waals surface area contributed by atoms with Gasteiger partial charge in [0.25, 0.3) is 5.91 Å². The van der Waals surface area contributed by atoms with Gasteiger partial charge in [0, 0.05) is 19.6 Å². The molecule has 0 aromatic heterocycles. The molecule has 0 aromatic rings. The first-order valence-electron chi connectivity index (χ1n) is 7.21. The number of fused-ring (bicyclic) bond motifs is 1. The minimum atomic E-state index is -0.890. The molecule has 1 fully saturated rings. The summed E-state index contributed by atoms with van der Waals surface area (Å²) < 4.78 is 15.6. The van der Waals surface area contributed by atoms with Crippen molar-refractivity contribution in [3.05, 3.63) is 11.0 Å². The van der Waals surface area contributed by atoms with E-state index in [1.807, 2.05) is 0 Å². The molecular formula is C15H21NO6S. The third-order valence-electron chi connectivity index (χ3n) is 3.35. The zero-order chi connectivity index (χ0) is 17.4. The number of carbonyl (C=O) groups is 3. The maximum absolute atomic E-state index is 12.6. The number of methoxy groups -OCH3 is 1. The molecule has 0 aliphatic carbocycles. The van der Waals surface area contributed by atoms with Crippen molar-refractivity contribution in [3.63, 3.8) is 0 Å². The fraction of sp³-hybridized carbons (Fsp3) is 0.667. The van der Waals surface area contributed by atoms with Crippen molar-refractivity contribution in [2.24, 2.45) is 0 Å². The highest BCUT2D eigenvalue weighted by Crippen LogP contribution is 2.41. The molecule has 0 saturated carbocycles. The average molecular weight is 343 g/mol. The zero-order valence-corrected chi connectivity index (χ0v) is 14.6. The van der Waals surface area contributed by atoms with E-state index in [1.165, 1.54) is 30.7 Å².